The number of nitrogens with one attached hydrogen (secondary N) is 1. The summed E-state index contributed by atoms with van der Waals surface area (Å²) in [5.41, 5.74) is 2.18. The van der Waals surface area contributed by atoms with Gasteiger partial charge in [0.1, 0.15) is 11.5 Å². The molecule has 5 nitrogen and oxygen atoms in total. The van der Waals surface area contributed by atoms with Gasteiger partial charge in [-0.15, -0.1) is 0 Å². The zero-order valence-electron chi connectivity index (χ0n) is 14.1. The van der Waals surface area contributed by atoms with Crippen LogP contribution in [-0.4, -0.2) is 37.2 Å². The van der Waals surface area contributed by atoms with Crippen molar-refractivity contribution in [3.8, 4) is 0 Å². The molecule has 0 atom stereocenters. The summed E-state index contributed by atoms with van der Waals surface area (Å²) >= 11 is 0. The number of para-hydroxylation sites is 1. The number of carbonyl (C=O) groups excluding carboxylic acids is 1. The Morgan fingerprint density at radius 1 is 1.08 bits per heavy atom. The highest BCUT2D eigenvalue weighted by Crippen LogP contribution is 2.23. The first-order valence-electron chi connectivity index (χ1n) is 8.49. The monoisotopic (exact) mass is 351 g/mol. The lowest BCUT2D eigenvalue weighted by atomic mass is 10.2. The minimum atomic E-state index is -0.393. The molecule has 0 spiro atoms. The van der Waals surface area contributed by atoms with E-state index in [1.54, 1.807) is 12.1 Å². The Bertz CT molecular complexity index is 955. The fourth-order valence-electron chi connectivity index (χ4n) is 3.04. The molecule has 2 aromatic carbocycles. The molecule has 1 N–H and O–H groups in total. The van der Waals surface area contributed by atoms with Crippen LogP contribution in [-0.2, 0) is 4.74 Å². The lowest BCUT2D eigenvalue weighted by Gasteiger charge is -2.29. The van der Waals surface area contributed by atoms with Crippen LogP contribution in [0.25, 0.3) is 10.9 Å². The fraction of sp³-hybridized carbons (Fsp3) is 0.200. The van der Waals surface area contributed by atoms with E-state index in [1.165, 1.54) is 12.1 Å². The summed E-state index contributed by atoms with van der Waals surface area (Å²) in [6.07, 6.45) is 0. The lowest BCUT2D eigenvalue weighted by Crippen LogP contribution is -2.36. The van der Waals surface area contributed by atoms with Gasteiger partial charge in [0.2, 0.25) is 0 Å². The maximum absolute atomic E-state index is 14.0. The fourth-order valence-corrected chi connectivity index (χ4v) is 3.04. The molecule has 132 valence electrons. The van der Waals surface area contributed by atoms with Crippen molar-refractivity contribution in [1.82, 2.24) is 4.98 Å². The Kier molecular flexibility index (Phi) is 4.50. The van der Waals surface area contributed by atoms with Gasteiger partial charge in [-0.3, -0.25) is 4.79 Å². The van der Waals surface area contributed by atoms with Crippen molar-refractivity contribution in [2.75, 3.05) is 36.5 Å². The number of fused-ring (bicyclic) bond motifs is 1. The topological polar surface area (TPSA) is 54.5 Å². The van der Waals surface area contributed by atoms with E-state index in [4.69, 9.17) is 4.74 Å². The van der Waals surface area contributed by atoms with E-state index in [9.17, 15) is 9.18 Å². The number of hydrogen-bond acceptors (Lipinski definition) is 4. The first-order chi connectivity index (χ1) is 12.7. The van der Waals surface area contributed by atoms with Crippen molar-refractivity contribution in [3.05, 3.63) is 66.1 Å². The molecular weight excluding hydrogens is 333 g/mol. The van der Waals surface area contributed by atoms with Gasteiger partial charge < -0.3 is 15.0 Å². The molecule has 1 fully saturated rings. The number of amides is 1. The summed E-state index contributed by atoms with van der Waals surface area (Å²) in [5, 5.41) is 3.71. The molecule has 2 heterocycles. The maximum Gasteiger partial charge on any atom is 0.274 e. The summed E-state index contributed by atoms with van der Waals surface area (Å²) in [4.78, 5) is 18.9. The first kappa shape index (κ1) is 16.5. The van der Waals surface area contributed by atoms with Crippen molar-refractivity contribution < 1.29 is 13.9 Å². The summed E-state index contributed by atoms with van der Waals surface area (Å²) in [6, 6.07) is 15.6. The quantitative estimate of drug-likeness (QED) is 0.785. The summed E-state index contributed by atoms with van der Waals surface area (Å²) in [7, 11) is 0. The Morgan fingerprint density at radius 2 is 1.88 bits per heavy atom. The number of morpholine rings is 1. The SMILES string of the molecule is O=C(Nc1cc(F)cc(N2CCOCC2)c1)c1ccc2ccccc2n1. The van der Waals surface area contributed by atoms with Crippen LogP contribution in [0.5, 0.6) is 0 Å². The van der Waals surface area contributed by atoms with Gasteiger partial charge in [0, 0.05) is 29.9 Å². The van der Waals surface area contributed by atoms with Gasteiger partial charge in [-0.2, -0.15) is 0 Å². The van der Waals surface area contributed by atoms with E-state index in [0.29, 0.717) is 37.7 Å². The second-order valence-electron chi connectivity index (χ2n) is 6.14. The molecule has 0 bridgehead atoms. The zero-order chi connectivity index (χ0) is 17.9. The molecular formula is C20H18FN3O2. The molecule has 4 rings (SSSR count). The smallest absolute Gasteiger partial charge is 0.274 e. The highest BCUT2D eigenvalue weighted by Gasteiger charge is 2.15. The van der Waals surface area contributed by atoms with Crippen LogP contribution in [0, 0.1) is 5.82 Å². The maximum atomic E-state index is 14.0. The van der Waals surface area contributed by atoms with Gasteiger partial charge in [-0.1, -0.05) is 24.3 Å². The normalized spacial score (nSPS) is 14.4. The number of pyridine rings is 1. The Balaban J connectivity index is 1.57. The third-order valence-corrected chi connectivity index (χ3v) is 4.35. The van der Waals surface area contributed by atoms with Crippen molar-refractivity contribution >= 4 is 28.2 Å². The van der Waals surface area contributed by atoms with Gasteiger partial charge in [-0.05, 0) is 30.3 Å². The molecule has 6 heteroatoms. The second-order valence-corrected chi connectivity index (χ2v) is 6.14. The number of rotatable bonds is 3. The van der Waals surface area contributed by atoms with Crippen molar-refractivity contribution in [3.63, 3.8) is 0 Å². The van der Waals surface area contributed by atoms with E-state index in [1.807, 2.05) is 35.2 Å². The third-order valence-electron chi connectivity index (χ3n) is 4.35. The molecule has 0 aliphatic carbocycles. The van der Waals surface area contributed by atoms with Gasteiger partial charge in [0.25, 0.3) is 5.91 Å². The van der Waals surface area contributed by atoms with Gasteiger partial charge >= 0.3 is 0 Å². The number of benzene rings is 2. The number of aromatic nitrogens is 1. The highest BCUT2D eigenvalue weighted by molar-refractivity contribution is 6.04. The minimum Gasteiger partial charge on any atom is -0.378 e. The summed E-state index contributed by atoms with van der Waals surface area (Å²) < 4.78 is 19.3. The predicted octanol–water partition coefficient (Wildman–Crippen LogP) is 3.46. The van der Waals surface area contributed by atoms with Crippen LogP contribution in [0.2, 0.25) is 0 Å². The molecule has 1 aromatic heterocycles. The minimum absolute atomic E-state index is 0.292. The largest absolute Gasteiger partial charge is 0.378 e. The summed E-state index contributed by atoms with van der Waals surface area (Å²) in [5.74, 6) is -0.759. The van der Waals surface area contributed by atoms with Crippen LogP contribution in [0.1, 0.15) is 10.5 Å². The van der Waals surface area contributed by atoms with Gasteiger partial charge in [-0.25, -0.2) is 9.37 Å². The molecule has 1 aliphatic heterocycles. The van der Waals surface area contributed by atoms with Crippen molar-refractivity contribution in [1.29, 1.82) is 0 Å². The van der Waals surface area contributed by atoms with Gasteiger partial charge in [0.15, 0.2) is 0 Å². The Morgan fingerprint density at radius 3 is 2.73 bits per heavy atom. The van der Waals surface area contributed by atoms with Crippen LogP contribution < -0.4 is 10.2 Å². The highest BCUT2D eigenvalue weighted by atomic mass is 19.1. The molecule has 1 aliphatic rings. The number of carbonyl (C=O) groups is 1. The molecule has 0 radical (unpaired) electrons. The predicted molar refractivity (Wildman–Crippen MR) is 99.1 cm³/mol. The summed E-state index contributed by atoms with van der Waals surface area (Å²) in [6.45, 7) is 2.62. The first-order valence-corrected chi connectivity index (χ1v) is 8.49. The van der Waals surface area contributed by atoms with E-state index >= 15 is 0 Å². The standard InChI is InChI=1S/C20H18FN3O2/c21-15-11-16(13-17(12-15)24-7-9-26-10-8-24)22-20(25)19-6-5-14-3-1-2-4-18(14)23-19/h1-6,11-13H,7-10H2,(H,22,25). The van der Waals surface area contributed by atoms with E-state index in [-0.39, 0.29) is 5.91 Å². The average molecular weight is 351 g/mol. The van der Waals surface area contributed by atoms with E-state index < -0.39 is 5.82 Å². The number of nitrogens with zero attached hydrogens (tertiary/aromatic N) is 2. The number of ether oxygens (including phenoxy) is 1. The second kappa shape index (κ2) is 7.09. The number of hydrogen-bond donors (Lipinski definition) is 1. The van der Waals surface area contributed by atoms with Crippen LogP contribution in [0.4, 0.5) is 15.8 Å². The van der Waals surface area contributed by atoms with Crippen LogP contribution >= 0.6 is 0 Å². The van der Waals surface area contributed by atoms with Crippen molar-refractivity contribution in [2.45, 2.75) is 0 Å². The number of halogens is 1. The van der Waals surface area contributed by atoms with Crippen molar-refractivity contribution in [2.24, 2.45) is 0 Å². The molecule has 0 unspecified atom stereocenters. The molecule has 1 saturated heterocycles. The van der Waals surface area contributed by atoms with Crippen LogP contribution in [0.15, 0.2) is 54.6 Å². The Hall–Kier alpha value is -2.99. The molecule has 3 aromatic rings. The number of anilines is 2. The molecule has 0 saturated carbocycles. The third kappa shape index (κ3) is 3.50. The zero-order valence-corrected chi connectivity index (χ0v) is 14.1. The molecule has 1 amide bonds. The lowest BCUT2D eigenvalue weighted by molar-refractivity contribution is 0.102. The Labute approximate surface area is 150 Å². The molecule has 26 heavy (non-hydrogen) atoms. The van der Waals surface area contributed by atoms with Gasteiger partial charge in [0.05, 0.1) is 18.7 Å². The van der Waals surface area contributed by atoms with E-state index in [0.717, 1.165) is 16.6 Å². The van der Waals surface area contributed by atoms with E-state index in [2.05, 4.69) is 10.3 Å². The average Bonchev–Trinajstić information content (AvgIpc) is 2.68. The van der Waals surface area contributed by atoms with Crippen LogP contribution in [0.3, 0.4) is 0 Å².